The van der Waals surface area contributed by atoms with Crippen molar-refractivity contribution in [2.24, 2.45) is 20.5 Å². The molecule has 0 saturated heterocycles. The summed E-state index contributed by atoms with van der Waals surface area (Å²) in [7, 11) is -9.65. The lowest BCUT2D eigenvalue weighted by Crippen LogP contribution is -1.99. The van der Waals surface area contributed by atoms with Gasteiger partial charge in [-0.25, -0.2) is 0 Å². The van der Waals surface area contributed by atoms with E-state index >= 15 is 0 Å². The van der Waals surface area contributed by atoms with E-state index in [9.17, 15) is 46.3 Å². The average molecular weight is 589 g/mol. The Morgan fingerprint density at radius 3 is 2.10 bits per heavy atom. The molecule has 0 fully saturated rings. The number of aromatic hydroxyl groups is 2. The van der Waals surface area contributed by atoms with E-state index in [4.69, 9.17) is 5.73 Å². The van der Waals surface area contributed by atoms with E-state index in [-0.39, 0.29) is 33.5 Å². The highest BCUT2D eigenvalue weighted by Gasteiger charge is 2.24. The fourth-order valence-electron chi connectivity index (χ4n) is 3.45. The van der Waals surface area contributed by atoms with Crippen molar-refractivity contribution < 1.29 is 41.1 Å². The highest BCUT2D eigenvalue weighted by molar-refractivity contribution is 7.86. The lowest BCUT2D eigenvalue weighted by molar-refractivity contribution is -0.384. The van der Waals surface area contributed by atoms with Gasteiger partial charge in [-0.2, -0.15) is 21.9 Å². The fraction of sp³-hybridized carbons (Fsp3) is 0. The number of phenols is 2. The molecule has 40 heavy (non-hydrogen) atoms. The highest BCUT2D eigenvalue weighted by Crippen LogP contribution is 2.46. The number of phenolic OH excluding ortho intramolecular Hbond substituents is 2. The Labute approximate surface area is 224 Å². The number of rotatable bonds is 7. The molecule has 0 radical (unpaired) electrons. The molecule has 0 unspecified atom stereocenters. The molecule has 0 saturated carbocycles. The summed E-state index contributed by atoms with van der Waals surface area (Å²) in [5, 5.41) is 46.7. The molecule has 4 aromatic rings. The van der Waals surface area contributed by atoms with Gasteiger partial charge in [-0.15, -0.1) is 15.3 Å². The molecule has 0 aromatic heterocycles. The number of fused-ring (bicyclic) bond motifs is 1. The number of benzene rings is 4. The number of nitro groups is 1. The maximum atomic E-state index is 12.2. The summed E-state index contributed by atoms with van der Waals surface area (Å²) in [6, 6.07) is 11.0. The third-order valence-electron chi connectivity index (χ3n) is 5.32. The van der Waals surface area contributed by atoms with E-state index in [0.717, 1.165) is 36.4 Å². The van der Waals surface area contributed by atoms with Crippen molar-refractivity contribution in [2.75, 3.05) is 5.73 Å². The number of nitrogens with two attached hydrogens (primary N) is 1. The minimum Gasteiger partial charge on any atom is -0.505 e. The van der Waals surface area contributed by atoms with Crippen LogP contribution in [0.15, 0.2) is 90.9 Å². The van der Waals surface area contributed by atoms with Crippen molar-refractivity contribution in [3.63, 3.8) is 0 Å². The Morgan fingerprint density at radius 2 is 1.48 bits per heavy atom. The molecule has 0 amide bonds. The lowest BCUT2D eigenvalue weighted by Gasteiger charge is -2.11. The molecule has 4 aromatic carbocycles. The number of nitrogens with zero attached hydrogens (tertiary/aromatic N) is 5. The van der Waals surface area contributed by atoms with E-state index < -0.39 is 57.8 Å². The van der Waals surface area contributed by atoms with Gasteiger partial charge in [-0.3, -0.25) is 19.2 Å². The van der Waals surface area contributed by atoms with Gasteiger partial charge >= 0.3 is 0 Å². The minimum atomic E-state index is -5.07. The second-order valence-electron chi connectivity index (χ2n) is 7.95. The summed E-state index contributed by atoms with van der Waals surface area (Å²) in [6.45, 7) is 0. The fourth-order valence-corrected chi connectivity index (χ4v) is 4.62. The van der Waals surface area contributed by atoms with Crippen LogP contribution < -0.4 is 5.73 Å². The Balaban J connectivity index is 1.88. The zero-order valence-electron chi connectivity index (χ0n) is 19.6. The smallest absolute Gasteiger partial charge is 0.296 e. The van der Waals surface area contributed by atoms with Gasteiger partial charge in [0.05, 0.1) is 27.3 Å². The van der Waals surface area contributed by atoms with Crippen molar-refractivity contribution in [1.29, 1.82) is 0 Å². The van der Waals surface area contributed by atoms with Crippen LogP contribution in [0.3, 0.4) is 0 Å². The summed E-state index contributed by atoms with van der Waals surface area (Å²) in [4.78, 5) is 8.69. The van der Waals surface area contributed by atoms with Crippen molar-refractivity contribution in [3.05, 3.63) is 70.8 Å². The highest BCUT2D eigenvalue weighted by atomic mass is 32.2. The second-order valence-corrected chi connectivity index (χ2v) is 10.8. The maximum absolute atomic E-state index is 12.2. The molecule has 0 aliphatic rings. The Hall–Kier alpha value is -5.04. The van der Waals surface area contributed by atoms with E-state index in [0.29, 0.717) is 0 Å². The Kier molecular flexibility index (Phi) is 7.18. The molecule has 0 aliphatic heterocycles. The molecular weight excluding hydrogens is 572 g/mol. The summed E-state index contributed by atoms with van der Waals surface area (Å²) < 4.78 is 66.2. The van der Waals surface area contributed by atoms with Crippen LogP contribution in [0.25, 0.3) is 10.8 Å². The maximum Gasteiger partial charge on any atom is 0.296 e. The van der Waals surface area contributed by atoms with E-state index in [1.807, 2.05) is 0 Å². The zero-order valence-corrected chi connectivity index (χ0v) is 21.3. The number of non-ortho nitro benzene ring substituents is 1. The van der Waals surface area contributed by atoms with E-state index in [1.54, 1.807) is 0 Å². The average Bonchev–Trinajstić information content (AvgIpc) is 2.87. The van der Waals surface area contributed by atoms with Crippen LogP contribution in [0.4, 0.5) is 34.1 Å². The number of azo groups is 2. The second kappa shape index (κ2) is 10.3. The molecule has 0 aliphatic carbocycles. The molecule has 4 rings (SSSR count). The largest absolute Gasteiger partial charge is 0.505 e. The monoisotopic (exact) mass is 588 g/mol. The van der Waals surface area contributed by atoms with Crippen molar-refractivity contribution >= 4 is 65.1 Å². The van der Waals surface area contributed by atoms with Crippen molar-refractivity contribution in [1.82, 2.24) is 0 Å². The summed E-state index contributed by atoms with van der Waals surface area (Å²) in [5.74, 6) is -1.37. The van der Waals surface area contributed by atoms with Crippen LogP contribution in [0.5, 0.6) is 11.5 Å². The van der Waals surface area contributed by atoms with Gasteiger partial charge in [0.2, 0.25) is 0 Å². The van der Waals surface area contributed by atoms with Crippen LogP contribution in [-0.2, 0) is 20.2 Å². The van der Waals surface area contributed by atoms with Crippen molar-refractivity contribution in [2.45, 2.75) is 9.79 Å². The Morgan fingerprint density at radius 1 is 0.775 bits per heavy atom. The first-order chi connectivity index (χ1) is 18.7. The molecular formula is C22H16N6O10S2. The van der Waals surface area contributed by atoms with Crippen LogP contribution in [0, 0.1) is 10.1 Å². The van der Waals surface area contributed by atoms with Gasteiger partial charge in [-0.05, 0) is 42.5 Å². The van der Waals surface area contributed by atoms with Gasteiger partial charge < -0.3 is 15.9 Å². The molecule has 0 atom stereocenters. The van der Waals surface area contributed by atoms with Gasteiger partial charge in [-0.1, -0.05) is 6.07 Å². The first-order valence-corrected chi connectivity index (χ1v) is 13.5. The summed E-state index contributed by atoms with van der Waals surface area (Å²) in [6.07, 6.45) is 0. The van der Waals surface area contributed by atoms with Gasteiger partial charge in [0.25, 0.3) is 25.9 Å². The van der Waals surface area contributed by atoms with E-state index in [1.165, 1.54) is 24.3 Å². The molecule has 206 valence electrons. The van der Waals surface area contributed by atoms with Crippen LogP contribution >= 0.6 is 0 Å². The summed E-state index contributed by atoms with van der Waals surface area (Å²) in [5.41, 5.74) is 4.25. The number of hydrogen-bond acceptors (Lipinski definition) is 13. The quantitative estimate of drug-likeness (QED) is 0.0625. The third-order valence-corrected chi connectivity index (χ3v) is 7.04. The minimum absolute atomic E-state index is 0.0604. The number of nitro benzene ring substituents is 1. The third kappa shape index (κ3) is 5.68. The molecule has 6 N–H and O–H groups in total. The van der Waals surface area contributed by atoms with Crippen LogP contribution in [-0.4, -0.2) is 41.1 Å². The number of anilines is 1. The predicted molar refractivity (Wildman–Crippen MR) is 139 cm³/mol. The van der Waals surface area contributed by atoms with Crippen molar-refractivity contribution in [3.8, 4) is 11.5 Å². The number of hydrogen-bond donors (Lipinski definition) is 5. The van der Waals surface area contributed by atoms with Crippen LogP contribution in [0.2, 0.25) is 0 Å². The topological polar surface area (TPSA) is 268 Å². The predicted octanol–water partition coefficient (Wildman–Crippen LogP) is 5.07. The lowest BCUT2D eigenvalue weighted by atomic mass is 10.1. The zero-order chi connectivity index (χ0) is 29.4. The first-order valence-electron chi connectivity index (χ1n) is 10.6. The number of nitrogen functional groups attached to an aromatic ring is 1. The molecule has 0 heterocycles. The SMILES string of the molecule is Nc1ccc2c(O)c(N=Nc3cccc(S(=O)(=O)O)c3)c(S(=O)(=O)O)cc2c1N=Nc1ccc([N+](=O)[O-])cc1O. The van der Waals surface area contributed by atoms with Crippen LogP contribution in [0.1, 0.15) is 0 Å². The van der Waals surface area contributed by atoms with E-state index in [2.05, 4.69) is 20.5 Å². The standard InChI is InChI=1S/C22H16N6O10S2/c23-16-6-5-14-15(20(16)26-25-17-7-4-12(28(31)32)9-18(17)29)10-19(40(36,37)38)21(22(14)30)27-24-11-2-1-3-13(8-11)39(33,34)35/h1-10,29-30H,23H2,(H,33,34,35)(H,36,37,38). The normalized spacial score (nSPS) is 12.4. The molecule has 0 spiro atoms. The Bertz CT molecular complexity index is 1980. The molecule has 18 heteroatoms. The van der Waals surface area contributed by atoms with Gasteiger partial charge in [0.1, 0.15) is 27.7 Å². The summed E-state index contributed by atoms with van der Waals surface area (Å²) >= 11 is 0. The van der Waals surface area contributed by atoms with Gasteiger partial charge in [0, 0.05) is 16.8 Å². The first kappa shape index (κ1) is 28.0. The molecule has 0 bridgehead atoms. The van der Waals surface area contributed by atoms with Gasteiger partial charge in [0.15, 0.2) is 5.75 Å². The molecule has 16 nitrogen and oxygen atoms in total.